The Bertz CT molecular complexity index is 527. The summed E-state index contributed by atoms with van der Waals surface area (Å²) >= 11 is 0. The van der Waals surface area contributed by atoms with Crippen molar-refractivity contribution in [3.8, 4) is 0 Å². The number of benzene rings is 1. The third-order valence-electron chi connectivity index (χ3n) is 3.52. The fraction of sp³-hybridized carbons (Fsp3) is 0.462. The average molecular weight is 264 g/mol. The fourth-order valence-corrected chi connectivity index (χ4v) is 2.28. The molecule has 0 aliphatic carbocycles. The molecule has 2 unspecified atom stereocenters. The van der Waals surface area contributed by atoms with Crippen LogP contribution >= 0.6 is 0 Å². The molecule has 6 heteroatoms. The fourth-order valence-electron chi connectivity index (χ4n) is 2.28. The van der Waals surface area contributed by atoms with Gasteiger partial charge in [-0.3, -0.25) is 14.9 Å². The maximum absolute atomic E-state index is 12.0. The number of carbonyl (C=O) groups excluding carboxylic acids is 1. The lowest BCUT2D eigenvalue weighted by molar-refractivity contribution is -0.384. The average Bonchev–Trinajstić information content (AvgIpc) is 2.37. The molecule has 0 saturated heterocycles. The molecule has 0 aromatic heterocycles. The van der Waals surface area contributed by atoms with Gasteiger partial charge in [0.05, 0.1) is 17.1 Å². The number of aryl methyl sites for hydroxylation is 1. The number of aliphatic hydroxyl groups is 1. The van der Waals surface area contributed by atoms with Crippen molar-refractivity contribution in [1.82, 2.24) is 0 Å². The first-order chi connectivity index (χ1) is 8.91. The molecule has 0 bridgehead atoms. The lowest BCUT2D eigenvalue weighted by atomic mass is 9.98. The summed E-state index contributed by atoms with van der Waals surface area (Å²) in [5, 5.41) is 20.4. The second-order valence-electron chi connectivity index (χ2n) is 4.82. The first-order valence-electron chi connectivity index (χ1n) is 6.19. The number of amides is 1. The highest BCUT2D eigenvalue weighted by Gasteiger charge is 2.31. The molecule has 1 amide bonds. The highest BCUT2D eigenvalue weighted by molar-refractivity contribution is 5.97. The molecule has 102 valence electrons. The van der Waals surface area contributed by atoms with Gasteiger partial charge in [0.25, 0.3) is 5.69 Å². The summed E-state index contributed by atoms with van der Waals surface area (Å²) in [5.41, 5.74) is 1.47. The van der Waals surface area contributed by atoms with Crippen molar-refractivity contribution in [2.24, 2.45) is 0 Å². The van der Waals surface area contributed by atoms with Crippen LogP contribution in [-0.4, -0.2) is 28.1 Å². The Morgan fingerprint density at radius 1 is 1.37 bits per heavy atom. The number of nitro groups is 1. The van der Waals surface area contributed by atoms with Gasteiger partial charge >= 0.3 is 0 Å². The molecular weight excluding hydrogens is 248 g/mol. The summed E-state index contributed by atoms with van der Waals surface area (Å²) in [4.78, 5) is 23.9. The molecule has 1 aliphatic heterocycles. The smallest absolute Gasteiger partial charge is 0.269 e. The van der Waals surface area contributed by atoms with E-state index in [4.69, 9.17) is 0 Å². The second kappa shape index (κ2) is 4.97. The van der Waals surface area contributed by atoms with E-state index in [1.807, 2.05) is 0 Å². The number of carbonyl (C=O) groups is 1. The van der Waals surface area contributed by atoms with Gasteiger partial charge in [0.15, 0.2) is 0 Å². The highest BCUT2D eigenvalue weighted by atomic mass is 16.6. The third-order valence-corrected chi connectivity index (χ3v) is 3.52. The van der Waals surface area contributed by atoms with Gasteiger partial charge in [-0.15, -0.1) is 0 Å². The predicted molar refractivity (Wildman–Crippen MR) is 70.0 cm³/mol. The number of anilines is 1. The first kappa shape index (κ1) is 13.5. The molecule has 2 atom stereocenters. The van der Waals surface area contributed by atoms with Gasteiger partial charge in [-0.1, -0.05) is 0 Å². The van der Waals surface area contributed by atoms with Crippen LogP contribution in [0.2, 0.25) is 0 Å². The minimum Gasteiger partial charge on any atom is -0.391 e. The molecular formula is C13H16N2O4. The van der Waals surface area contributed by atoms with Crippen molar-refractivity contribution in [2.75, 3.05) is 4.90 Å². The summed E-state index contributed by atoms with van der Waals surface area (Å²) in [5.74, 6) is -0.0604. The maximum atomic E-state index is 12.0. The molecule has 2 rings (SSSR count). The number of rotatable bonds is 3. The predicted octanol–water partition coefficient (Wildman–Crippen LogP) is 1.64. The normalized spacial score (nSPS) is 17.8. The number of fused-ring (bicyclic) bond motifs is 1. The van der Waals surface area contributed by atoms with E-state index >= 15 is 0 Å². The maximum Gasteiger partial charge on any atom is 0.269 e. The topological polar surface area (TPSA) is 83.7 Å². The summed E-state index contributed by atoms with van der Waals surface area (Å²) in [7, 11) is 0. The van der Waals surface area contributed by atoms with Gasteiger partial charge in [0.2, 0.25) is 5.91 Å². The standard InChI is InChI=1S/C13H16N2O4/c1-8(9(2)16)14-12-5-4-11(15(18)19)7-10(12)3-6-13(14)17/h4-5,7-9,16H,3,6H2,1-2H3. The number of nitro benzene ring substituents is 1. The minimum absolute atomic E-state index is 0.0257. The second-order valence-corrected chi connectivity index (χ2v) is 4.82. The van der Waals surface area contributed by atoms with Gasteiger partial charge in [-0.2, -0.15) is 0 Å². The Balaban J connectivity index is 2.45. The Morgan fingerprint density at radius 3 is 2.63 bits per heavy atom. The van der Waals surface area contributed by atoms with Crippen LogP contribution < -0.4 is 4.90 Å². The lowest BCUT2D eigenvalue weighted by Gasteiger charge is -2.35. The zero-order valence-electron chi connectivity index (χ0n) is 10.9. The van der Waals surface area contributed by atoms with E-state index in [2.05, 4.69) is 0 Å². The van der Waals surface area contributed by atoms with Gasteiger partial charge in [0.1, 0.15) is 0 Å². The number of hydrogen-bond acceptors (Lipinski definition) is 4. The molecule has 0 radical (unpaired) electrons. The molecule has 0 saturated carbocycles. The lowest BCUT2D eigenvalue weighted by Crippen LogP contribution is -2.46. The number of non-ortho nitro benzene ring substituents is 1. The minimum atomic E-state index is -0.662. The molecule has 19 heavy (non-hydrogen) atoms. The number of aliphatic hydroxyl groups excluding tert-OH is 1. The summed E-state index contributed by atoms with van der Waals surface area (Å²) in [6.07, 6.45) is 0.148. The van der Waals surface area contributed by atoms with Crippen molar-refractivity contribution in [2.45, 2.75) is 38.8 Å². The molecule has 0 spiro atoms. The summed E-state index contributed by atoms with van der Waals surface area (Å²) in [6, 6.07) is 4.12. The van der Waals surface area contributed by atoms with E-state index in [0.29, 0.717) is 18.5 Å². The van der Waals surface area contributed by atoms with E-state index in [-0.39, 0.29) is 17.6 Å². The van der Waals surface area contributed by atoms with Crippen LogP contribution in [0.3, 0.4) is 0 Å². The SMILES string of the molecule is CC(O)C(C)N1C(=O)CCc2cc([N+](=O)[O-])ccc21. The van der Waals surface area contributed by atoms with Crippen LogP contribution in [-0.2, 0) is 11.2 Å². The Hall–Kier alpha value is -1.95. The summed E-state index contributed by atoms with van der Waals surface area (Å²) in [6.45, 7) is 3.39. The largest absolute Gasteiger partial charge is 0.391 e. The van der Waals surface area contributed by atoms with Gasteiger partial charge in [-0.25, -0.2) is 0 Å². The number of nitrogens with zero attached hydrogens (tertiary/aromatic N) is 2. The quantitative estimate of drug-likeness (QED) is 0.664. The van der Waals surface area contributed by atoms with Crippen LogP contribution in [0.4, 0.5) is 11.4 Å². The first-order valence-corrected chi connectivity index (χ1v) is 6.19. The summed E-state index contributed by atoms with van der Waals surface area (Å²) < 4.78 is 0. The third kappa shape index (κ3) is 2.44. The Labute approximate surface area is 110 Å². The molecule has 1 heterocycles. The van der Waals surface area contributed by atoms with E-state index in [0.717, 1.165) is 5.56 Å². The molecule has 1 aliphatic rings. The molecule has 0 fully saturated rings. The van der Waals surface area contributed by atoms with E-state index < -0.39 is 11.0 Å². The van der Waals surface area contributed by atoms with Gasteiger partial charge in [-0.05, 0) is 31.9 Å². The Kier molecular flexibility index (Phi) is 3.53. The van der Waals surface area contributed by atoms with Crippen molar-refractivity contribution in [3.63, 3.8) is 0 Å². The number of hydrogen-bond donors (Lipinski definition) is 1. The zero-order valence-corrected chi connectivity index (χ0v) is 10.9. The van der Waals surface area contributed by atoms with Crippen LogP contribution in [0, 0.1) is 10.1 Å². The van der Waals surface area contributed by atoms with Crippen molar-refractivity contribution in [1.29, 1.82) is 0 Å². The molecule has 1 N–H and O–H groups in total. The van der Waals surface area contributed by atoms with E-state index in [1.165, 1.54) is 17.0 Å². The highest BCUT2D eigenvalue weighted by Crippen LogP contribution is 2.32. The Morgan fingerprint density at radius 2 is 2.05 bits per heavy atom. The van der Waals surface area contributed by atoms with Crippen LogP contribution in [0.25, 0.3) is 0 Å². The van der Waals surface area contributed by atoms with Crippen LogP contribution in [0.1, 0.15) is 25.8 Å². The van der Waals surface area contributed by atoms with E-state index in [9.17, 15) is 20.0 Å². The van der Waals surface area contributed by atoms with E-state index in [1.54, 1.807) is 19.9 Å². The van der Waals surface area contributed by atoms with Crippen molar-refractivity contribution < 1.29 is 14.8 Å². The molecule has 1 aromatic carbocycles. The van der Waals surface area contributed by atoms with Crippen LogP contribution in [0.5, 0.6) is 0 Å². The molecule has 1 aromatic rings. The van der Waals surface area contributed by atoms with Crippen molar-refractivity contribution in [3.05, 3.63) is 33.9 Å². The molecule has 6 nitrogen and oxygen atoms in total. The van der Waals surface area contributed by atoms with Crippen molar-refractivity contribution >= 4 is 17.3 Å². The van der Waals surface area contributed by atoms with Gasteiger partial charge < -0.3 is 10.0 Å². The zero-order chi connectivity index (χ0) is 14.2. The van der Waals surface area contributed by atoms with Crippen LogP contribution in [0.15, 0.2) is 18.2 Å². The van der Waals surface area contributed by atoms with Gasteiger partial charge in [0, 0.05) is 24.2 Å². The monoisotopic (exact) mass is 264 g/mol.